The summed E-state index contributed by atoms with van der Waals surface area (Å²) >= 11 is 3.41. The first-order valence-corrected chi connectivity index (χ1v) is 11.1. The predicted molar refractivity (Wildman–Crippen MR) is 134 cm³/mol. The van der Waals surface area contributed by atoms with E-state index in [0.717, 1.165) is 15.4 Å². The molecule has 0 saturated heterocycles. The van der Waals surface area contributed by atoms with Gasteiger partial charge >= 0.3 is 0 Å². The summed E-state index contributed by atoms with van der Waals surface area (Å²) in [6, 6.07) is 24.3. The molecule has 0 spiro atoms. The van der Waals surface area contributed by atoms with Crippen LogP contribution in [0.1, 0.15) is 15.9 Å². The van der Waals surface area contributed by atoms with Gasteiger partial charge in [-0.25, -0.2) is 10.4 Å². The van der Waals surface area contributed by atoms with Gasteiger partial charge in [0, 0.05) is 21.0 Å². The molecule has 34 heavy (non-hydrogen) atoms. The number of benzene rings is 3. The molecule has 1 aromatic heterocycles. The van der Waals surface area contributed by atoms with Gasteiger partial charge in [-0.1, -0.05) is 64.5 Å². The van der Waals surface area contributed by atoms with Gasteiger partial charge in [-0.2, -0.15) is 10.4 Å². The molecule has 7 nitrogen and oxygen atoms in total. The van der Waals surface area contributed by atoms with Crippen LogP contribution >= 0.6 is 15.9 Å². The minimum atomic E-state index is -0.381. The highest BCUT2D eigenvalue weighted by Crippen LogP contribution is 2.34. The number of para-hydroxylation sites is 1. The fraction of sp³-hybridized carbons (Fsp3) is 0.0769. The number of fused-ring (bicyclic) bond motifs is 1. The topological polar surface area (TPSA) is 96.6 Å². The largest absolute Gasteiger partial charge is 0.493 e. The first-order valence-electron chi connectivity index (χ1n) is 10.3. The highest BCUT2D eigenvalue weighted by atomic mass is 79.9. The SMILES string of the molecule is COc1cc(Br)cc(/C=N\NC(=O)c2cc(-c3ccccc3)nc3ccccc23)c1OCC#N. The van der Waals surface area contributed by atoms with E-state index in [-0.39, 0.29) is 12.5 Å². The number of carbonyl (C=O) groups excluding carboxylic acids is 1. The van der Waals surface area contributed by atoms with Gasteiger partial charge in [0.1, 0.15) is 6.07 Å². The van der Waals surface area contributed by atoms with Crippen molar-refractivity contribution in [2.45, 2.75) is 0 Å². The Kier molecular flexibility index (Phi) is 7.16. The van der Waals surface area contributed by atoms with Crippen LogP contribution in [0.2, 0.25) is 0 Å². The summed E-state index contributed by atoms with van der Waals surface area (Å²) in [5, 5.41) is 13.7. The Labute approximate surface area is 204 Å². The molecule has 0 unspecified atom stereocenters. The van der Waals surface area contributed by atoms with Crippen LogP contribution in [0.25, 0.3) is 22.2 Å². The molecule has 0 aliphatic carbocycles. The molecule has 1 N–H and O–H groups in total. The highest BCUT2D eigenvalue weighted by molar-refractivity contribution is 9.10. The molecule has 4 rings (SSSR count). The second-order valence-electron chi connectivity index (χ2n) is 7.11. The summed E-state index contributed by atoms with van der Waals surface area (Å²) in [6.45, 7) is -0.156. The Balaban J connectivity index is 1.66. The lowest BCUT2D eigenvalue weighted by Gasteiger charge is -2.12. The highest BCUT2D eigenvalue weighted by Gasteiger charge is 2.15. The normalized spacial score (nSPS) is 10.7. The quantitative estimate of drug-likeness (QED) is 0.265. The number of pyridine rings is 1. The van der Waals surface area contributed by atoms with Crippen molar-refractivity contribution in [3.05, 3.63) is 88.4 Å². The molecule has 1 heterocycles. The number of amides is 1. The van der Waals surface area contributed by atoms with Crippen molar-refractivity contribution >= 4 is 39.0 Å². The van der Waals surface area contributed by atoms with E-state index in [4.69, 9.17) is 19.7 Å². The molecule has 0 saturated carbocycles. The zero-order valence-electron chi connectivity index (χ0n) is 18.2. The number of nitriles is 1. The van der Waals surface area contributed by atoms with Crippen LogP contribution in [0, 0.1) is 11.3 Å². The maximum Gasteiger partial charge on any atom is 0.272 e. The molecule has 8 heteroatoms. The summed E-state index contributed by atoms with van der Waals surface area (Å²) in [6.07, 6.45) is 1.44. The van der Waals surface area contributed by atoms with E-state index in [1.165, 1.54) is 13.3 Å². The molecule has 1 amide bonds. The third-order valence-electron chi connectivity index (χ3n) is 4.95. The number of nitrogens with zero attached hydrogens (tertiary/aromatic N) is 3. The number of carbonyl (C=O) groups is 1. The van der Waals surface area contributed by atoms with Crippen molar-refractivity contribution in [1.29, 1.82) is 5.26 Å². The number of aromatic nitrogens is 1. The lowest BCUT2D eigenvalue weighted by molar-refractivity contribution is 0.0956. The van der Waals surface area contributed by atoms with Crippen molar-refractivity contribution in [3.8, 4) is 28.8 Å². The third kappa shape index (κ3) is 5.05. The van der Waals surface area contributed by atoms with Crippen LogP contribution in [-0.2, 0) is 0 Å². The Bertz CT molecular complexity index is 1420. The van der Waals surface area contributed by atoms with E-state index in [2.05, 4.69) is 26.5 Å². The molecule has 0 fully saturated rings. The van der Waals surface area contributed by atoms with E-state index < -0.39 is 0 Å². The summed E-state index contributed by atoms with van der Waals surface area (Å²) < 4.78 is 11.6. The third-order valence-corrected chi connectivity index (χ3v) is 5.41. The smallest absolute Gasteiger partial charge is 0.272 e. The average molecular weight is 515 g/mol. The summed E-state index contributed by atoms with van der Waals surface area (Å²) in [5.74, 6) is 0.407. The van der Waals surface area contributed by atoms with E-state index in [9.17, 15) is 4.79 Å². The number of rotatable bonds is 7. The van der Waals surface area contributed by atoms with E-state index in [1.807, 2.05) is 60.7 Å². The molecule has 0 aliphatic rings. The van der Waals surface area contributed by atoms with Gasteiger partial charge in [0.25, 0.3) is 5.91 Å². The van der Waals surface area contributed by atoms with Crippen molar-refractivity contribution in [1.82, 2.24) is 10.4 Å². The van der Waals surface area contributed by atoms with Crippen molar-refractivity contribution in [2.24, 2.45) is 5.10 Å². The summed E-state index contributed by atoms with van der Waals surface area (Å²) in [5.41, 5.74) is 5.88. The maximum absolute atomic E-state index is 13.1. The fourth-order valence-electron chi connectivity index (χ4n) is 3.44. The van der Waals surface area contributed by atoms with E-state index in [1.54, 1.807) is 18.2 Å². The number of methoxy groups -OCH3 is 1. The first-order chi connectivity index (χ1) is 16.6. The molecule has 0 bridgehead atoms. The summed E-state index contributed by atoms with van der Waals surface area (Å²) in [4.78, 5) is 17.8. The van der Waals surface area contributed by atoms with E-state index >= 15 is 0 Å². The van der Waals surface area contributed by atoms with Crippen LogP contribution in [0.3, 0.4) is 0 Å². The number of ether oxygens (including phenoxy) is 2. The Morgan fingerprint density at radius 2 is 1.91 bits per heavy atom. The second-order valence-corrected chi connectivity index (χ2v) is 8.03. The average Bonchev–Trinajstić information content (AvgIpc) is 2.87. The van der Waals surface area contributed by atoms with Crippen LogP contribution in [0.4, 0.5) is 0 Å². The van der Waals surface area contributed by atoms with E-state index in [0.29, 0.717) is 33.8 Å². The molecule has 3 aromatic carbocycles. The minimum Gasteiger partial charge on any atom is -0.493 e. The van der Waals surface area contributed by atoms with Crippen LogP contribution in [-0.4, -0.2) is 30.8 Å². The van der Waals surface area contributed by atoms with Gasteiger partial charge in [0.05, 0.1) is 30.1 Å². The molecule has 4 aromatic rings. The van der Waals surface area contributed by atoms with Crippen molar-refractivity contribution < 1.29 is 14.3 Å². The van der Waals surface area contributed by atoms with Crippen LogP contribution in [0.15, 0.2) is 82.4 Å². The number of hydrazone groups is 1. The Hall–Kier alpha value is -4.22. The molecule has 0 aliphatic heterocycles. The van der Waals surface area contributed by atoms with Gasteiger partial charge in [-0.05, 0) is 24.3 Å². The zero-order valence-corrected chi connectivity index (χ0v) is 19.7. The molecule has 0 radical (unpaired) electrons. The first kappa shape index (κ1) is 23.0. The molecular formula is C26H19BrN4O3. The minimum absolute atomic E-state index is 0.156. The maximum atomic E-state index is 13.1. The lowest BCUT2D eigenvalue weighted by atomic mass is 10.0. The van der Waals surface area contributed by atoms with Gasteiger partial charge in [-0.15, -0.1) is 0 Å². The molecule has 0 atom stereocenters. The lowest BCUT2D eigenvalue weighted by Crippen LogP contribution is -2.18. The summed E-state index contributed by atoms with van der Waals surface area (Å²) in [7, 11) is 1.50. The van der Waals surface area contributed by atoms with Crippen molar-refractivity contribution in [2.75, 3.05) is 13.7 Å². The number of hydrogen-bond acceptors (Lipinski definition) is 6. The Morgan fingerprint density at radius 1 is 1.15 bits per heavy atom. The number of nitrogens with one attached hydrogen (secondary N) is 1. The van der Waals surface area contributed by atoms with Crippen molar-refractivity contribution in [3.63, 3.8) is 0 Å². The predicted octanol–water partition coefficient (Wildman–Crippen LogP) is 5.34. The van der Waals surface area contributed by atoms with Crippen LogP contribution < -0.4 is 14.9 Å². The standard InChI is InChI=1S/C26H19BrN4O3/c1-33-24-14-19(27)13-18(25(24)34-12-11-28)16-29-31-26(32)21-15-23(17-7-3-2-4-8-17)30-22-10-6-5-9-20(21)22/h2-10,13-16H,12H2,1H3,(H,31,32)/b29-16-. The Morgan fingerprint density at radius 3 is 2.68 bits per heavy atom. The monoisotopic (exact) mass is 514 g/mol. The van der Waals surface area contributed by atoms with Crippen LogP contribution in [0.5, 0.6) is 11.5 Å². The van der Waals surface area contributed by atoms with Gasteiger partial charge < -0.3 is 9.47 Å². The number of halogens is 1. The zero-order chi connectivity index (χ0) is 23.9. The van der Waals surface area contributed by atoms with Gasteiger partial charge in [0.2, 0.25) is 0 Å². The van der Waals surface area contributed by atoms with Gasteiger partial charge in [-0.3, -0.25) is 4.79 Å². The molecular weight excluding hydrogens is 496 g/mol. The fourth-order valence-corrected chi connectivity index (χ4v) is 3.89. The van der Waals surface area contributed by atoms with Gasteiger partial charge in [0.15, 0.2) is 18.1 Å². The second kappa shape index (κ2) is 10.6. The molecule has 168 valence electrons. The number of hydrogen-bond donors (Lipinski definition) is 1.